The Morgan fingerprint density at radius 3 is 2.64 bits per heavy atom. The first kappa shape index (κ1) is 17.6. The zero-order valence-electron chi connectivity index (χ0n) is 15.0. The molecule has 8 heteroatoms. The number of aromatic nitrogens is 2. The highest BCUT2D eigenvalue weighted by Crippen LogP contribution is 2.34. The van der Waals surface area contributed by atoms with Crippen LogP contribution >= 0.6 is 0 Å². The minimum Gasteiger partial charge on any atom is -0.454 e. The number of anilines is 1. The number of nitrogens with zero attached hydrogens (tertiary/aromatic N) is 2. The van der Waals surface area contributed by atoms with Crippen LogP contribution in [0.1, 0.15) is 16.1 Å². The standard InChI is InChI=1S/C20H17N3O5/c1-13-8-9-21-23(13)16-5-2-14(3-6-16)20(25)26-11-19(24)22-15-4-7-17-18(10-15)28-12-27-17/h2-10H,11-12H2,1H3,(H,22,24). The number of carbonyl (C=O) groups is 2. The summed E-state index contributed by atoms with van der Waals surface area (Å²) in [5.74, 6) is 0.154. The van der Waals surface area contributed by atoms with E-state index in [2.05, 4.69) is 10.4 Å². The van der Waals surface area contributed by atoms with Crippen molar-refractivity contribution in [3.8, 4) is 17.2 Å². The Balaban J connectivity index is 1.32. The van der Waals surface area contributed by atoms with Gasteiger partial charge in [0.2, 0.25) is 6.79 Å². The molecule has 8 nitrogen and oxygen atoms in total. The van der Waals surface area contributed by atoms with Crippen molar-refractivity contribution in [1.29, 1.82) is 0 Å². The SMILES string of the molecule is Cc1ccnn1-c1ccc(C(=O)OCC(=O)Nc2ccc3c(c2)OCO3)cc1. The number of amides is 1. The molecule has 0 unspecified atom stereocenters. The first-order chi connectivity index (χ1) is 13.6. The quantitative estimate of drug-likeness (QED) is 0.686. The summed E-state index contributed by atoms with van der Waals surface area (Å²) >= 11 is 0. The van der Waals surface area contributed by atoms with Crippen molar-refractivity contribution >= 4 is 17.6 Å². The Hall–Kier alpha value is -3.81. The van der Waals surface area contributed by atoms with Crippen LogP contribution < -0.4 is 14.8 Å². The minimum absolute atomic E-state index is 0.156. The van der Waals surface area contributed by atoms with Gasteiger partial charge in [-0.1, -0.05) is 0 Å². The summed E-state index contributed by atoms with van der Waals surface area (Å²) in [6.45, 7) is 1.70. The van der Waals surface area contributed by atoms with Gasteiger partial charge in [-0.3, -0.25) is 4.79 Å². The van der Waals surface area contributed by atoms with Gasteiger partial charge in [-0.15, -0.1) is 0 Å². The molecule has 142 valence electrons. The Labute approximate surface area is 160 Å². The third kappa shape index (κ3) is 3.66. The van der Waals surface area contributed by atoms with Crippen LogP contribution in [-0.2, 0) is 9.53 Å². The van der Waals surface area contributed by atoms with Crippen LogP contribution in [0, 0.1) is 6.92 Å². The lowest BCUT2D eigenvalue weighted by molar-refractivity contribution is -0.119. The van der Waals surface area contributed by atoms with E-state index in [1.165, 1.54) is 0 Å². The third-order valence-corrected chi connectivity index (χ3v) is 4.17. The molecular formula is C20H17N3O5. The highest BCUT2D eigenvalue weighted by Gasteiger charge is 2.15. The highest BCUT2D eigenvalue weighted by molar-refractivity contribution is 5.95. The molecule has 0 spiro atoms. The van der Waals surface area contributed by atoms with Crippen molar-refractivity contribution in [1.82, 2.24) is 9.78 Å². The zero-order valence-corrected chi connectivity index (χ0v) is 15.0. The number of carbonyl (C=O) groups excluding carboxylic acids is 2. The molecule has 3 aromatic rings. The monoisotopic (exact) mass is 379 g/mol. The molecule has 1 amide bonds. The van der Waals surface area contributed by atoms with Crippen LogP contribution in [-0.4, -0.2) is 35.1 Å². The molecule has 0 radical (unpaired) electrons. The maximum Gasteiger partial charge on any atom is 0.338 e. The lowest BCUT2D eigenvalue weighted by Crippen LogP contribution is -2.20. The molecule has 1 aromatic heterocycles. The summed E-state index contributed by atoms with van der Waals surface area (Å²) < 4.78 is 17.3. The molecule has 1 aliphatic rings. The number of nitrogens with one attached hydrogen (secondary N) is 1. The van der Waals surface area contributed by atoms with Crippen molar-refractivity contribution in [3.05, 3.63) is 66.0 Å². The van der Waals surface area contributed by atoms with E-state index in [1.54, 1.807) is 53.3 Å². The number of rotatable bonds is 5. The number of hydrogen-bond donors (Lipinski definition) is 1. The van der Waals surface area contributed by atoms with E-state index >= 15 is 0 Å². The molecule has 2 aromatic carbocycles. The van der Waals surface area contributed by atoms with Gasteiger partial charge >= 0.3 is 5.97 Å². The second-order valence-corrected chi connectivity index (χ2v) is 6.12. The lowest BCUT2D eigenvalue weighted by atomic mass is 10.2. The molecule has 1 aliphatic heterocycles. The van der Waals surface area contributed by atoms with Gasteiger partial charge in [-0.2, -0.15) is 5.10 Å². The number of aryl methyl sites for hydroxylation is 1. The van der Waals surface area contributed by atoms with Gasteiger partial charge < -0.3 is 19.5 Å². The van der Waals surface area contributed by atoms with Crippen LogP contribution in [0.25, 0.3) is 5.69 Å². The second kappa shape index (κ2) is 7.43. The van der Waals surface area contributed by atoms with E-state index in [0.29, 0.717) is 22.7 Å². The van der Waals surface area contributed by atoms with E-state index in [-0.39, 0.29) is 6.79 Å². The van der Waals surface area contributed by atoms with E-state index < -0.39 is 18.5 Å². The van der Waals surface area contributed by atoms with Crippen molar-refractivity contribution < 1.29 is 23.8 Å². The predicted octanol–water partition coefficient (Wildman–Crippen LogP) is 2.70. The minimum atomic E-state index is -0.579. The van der Waals surface area contributed by atoms with Crippen LogP contribution in [0.4, 0.5) is 5.69 Å². The van der Waals surface area contributed by atoms with Crippen molar-refractivity contribution in [2.24, 2.45) is 0 Å². The summed E-state index contributed by atoms with van der Waals surface area (Å²) in [7, 11) is 0. The second-order valence-electron chi connectivity index (χ2n) is 6.12. The summed E-state index contributed by atoms with van der Waals surface area (Å²) in [5.41, 5.74) is 2.70. The van der Waals surface area contributed by atoms with Crippen molar-refractivity contribution in [2.75, 3.05) is 18.7 Å². The Morgan fingerprint density at radius 2 is 1.89 bits per heavy atom. The molecule has 0 saturated carbocycles. The molecule has 4 rings (SSSR count). The fraction of sp³-hybridized carbons (Fsp3) is 0.150. The van der Waals surface area contributed by atoms with E-state index in [0.717, 1.165) is 11.4 Å². The van der Waals surface area contributed by atoms with Crippen LogP contribution in [0.5, 0.6) is 11.5 Å². The van der Waals surface area contributed by atoms with Gasteiger partial charge in [-0.05, 0) is 49.4 Å². The summed E-state index contributed by atoms with van der Waals surface area (Å²) in [4.78, 5) is 24.2. The predicted molar refractivity (Wildman–Crippen MR) is 99.8 cm³/mol. The van der Waals surface area contributed by atoms with Gasteiger partial charge in [0.25, 0.3) is 5.91 Å². The first-order valence-electron chi connectivity index (χ1n) is 8.58. The molecule has 0 fully saturated rings. The fourth-order valence-electron chi connectivity index (χ4n) is 2.76. The molecular weight excluding hydrogens is 362 g/mol. The Kier molecular flexibility index (Phi) is 4.67. The molecule has 0 bridgehead atoms. The van der Waals surface area contributed by atoms with Crippen molar-refractivity contribution in [3.63, 3.8) is 0 Å². The summed E-state index contributed by atoms with van der Waals surface area (Å²) in [6.07, 6.45) is 1.70. The molecule has 2 heterocycles. The molecule has 28 heavy (non-hydrogen) atoms. The smallest absolute Gasteiger partial charge is 0.338 e. The van der Waals surface area contributed by atoms with Crippen LogP contribution in [0.15, 0.2) is 54.7 Å². The average Bonchev–Trinajstić information content (AvgIpc) is 3.34. The van der Waals surface area contributed by atoms with Gasteiger partial charge in [0.05, 0.1) is 11.3 Å². The van der Waals surface area contributed by atoms with E-state index in [1.807, 2.05) is 13.0 Å². The molecule has 0 atom stereocenters. The maximum absolute atomic E-state index is 12.2. The van der Waals surface area contributed by atoms with Crippen molar-refractivity contribution in [2.45, 2.75) is 6.92 Å². The maximum atomic E-state index is 12.2. The van der Waals surface area contributed by atoms with Gasteiger partial charge in [-0.25, -0.2) is 9.48 Å². The largest absolute Gasteiger partial charge is 0.454 e. The molecule has 1 N–H and O–H groups in total. The topological polar surface area (TPSA) is 91.7 Å². The van der Waals surface area contributed by atoms with E-state index in [4.69, 9.17) is 14.2 Å². The van der Waals surface area contributed by atoms with E-state index in [9.17, 15) is 9.59 Å². The normalized spacial score (nSPS) is 11.9. The number of esters is 1. The van der Waals surface area contributed by atoms with Gasteiger partial charge in [0, 0.05) is 23.6 Å². The highest BCUT2D eigenvalue weighted by atomic mass is 16.7. The van der Waals surface area contributed by atoms with Crippen LogP contribution in [0.2, 0.25) is 0 Å². The van der Waals surface area contributed by atoms with Gasteiger partial charge in [0.1, 0.15) is 0 Å². The number of hydrogen-bond acceptors (Lipinski definition) is 6. The average molecular weight is 379 g/mol. The van der Waals surface area contributed by atoms with Crippen LogP contribution in [0.3, 0.4) is 0 Å². The molecule has 0 saturated heterocycles. The Morgan fingerprint density at radius 1 is 1.11 bits per heavy atom. The van der Waals surface area contributed by atoms with Gasteiger partial charge in [0.15, 0.2) is 18.1 Å². The summed E-state index contributed by atoms with van der Waals surface area (Å²) in [6, 6.07) is 13.7. The third-order valence-electron chi connectivity index (χ3n) is 4.17. The summed E-state index contributed by atoms with van der Waals surface area (Å²) in [5, 5.41) is 6.86. The Bertz CT molecular complexity index is 1030. The first-order valence-corrected chi connectivity index (χ1v) is 8.58. The zero-order chi connectivity index (χ0) is 19.5. The number of benzene rings is 2. The lowest BCUT2D eigenvalue weighted by Gasteiger charge is -2.08. The number of fused-ring (bicyclic) bond motifs is 1. The fourth-order valence-corrected chi connectivity index (χ4v) is 2.76. The number of ether oxygens (including phenoxy) is 3. The molecule has 0 aliphatic carbocycles.